The molecule has 0 saturated carbocycles. The van der Waals surface area contributed by atoms with Gasteiger partial charge < -0.3 is 4.42 Å². The maximum Gasteiger partial charge on any atom is 0.295 e. The molecule has 3 nitrogen and oxygen atoms in total. The summed E-state index contributed by atoms with van der Waals surface area (Å²) < 4.78 is 11.5. The van der Waals surface area contributed by atoms with Crippen LogP contribution in [0, 0.1) is 6.92 Å². The second-order valence-corrected chi connectivity index (χ2v) is 10.5. The number of furan rings is 1. The first kappa shape index (κ1) is 20.2. The van der Waals surface area contributed by atoms with Crippen LogP contribution in [0.5, 0.6) is 0 Å². The molecule has 0 aliphatic rings. The number of aromatic nitrogens is 2. The number of para-hydroxylation sites is 1. The Hall–Kier alpha value is -4.89. The predicted octanol–water partition coefficient (Wildman–Crippen LogP) is 8.74. The van der Waals surface area contributed by atoms with Gasteiger partial charge in [0.25, 0.3) is 5.65 Å². The molecular weight excluding hydrogens is 464 g/mol. The fourth-order valence-electron chi connectivity index (χ4n) is 6.77. The lowest BCUT2D eigenvalue weighted by molar-refractivity contribution is -0.617. The van der Waals surface area contributed by atoms with Crippen molar-refractivity contribution < 1.29 is 8.98 Å². The summed E-state index contributed by atoms with van der Waals surface area (Å²) in [6.45, 7) is 2.21. The van der Waals surface area contributed by atoms with Crippen LogP contribution in [0.4, 0.5) is 0 Å². The topological polar surface area (TPSA) is 21.4 Å². The zero-order chi connectivity index (χ0) is 25.1. The molecule has 3 heterocycles. The van der Waals surface area contributed by atoms with Gasteiger partial charge in [-0.3, -0.25) is 0 Å². The van der Waals surface area contributed by atoms with Gasteiger partial charge in [0.1, 0.15) is 11.1 Å². The van der Waals surface area contributed by atoms with Gasteiger partial charge >= 0.3 is 0 Å². The summed E-state index contributed by atoms with van der Waals surface area (Å²) in [6.07, 6.45) is 0. The van der Waals surface area contributed by atoms with Gasteiger partial charge in [-0.15, -0.1) is 0 Å². The van der Waals surface area contributed by atoms with Crippen LogP contribution >= 0.6 is 0 Å². The number of nitrogens with zero attached hydrogens (tertiary/aromatic N) is 2. The van der Waals surface area contributed by atoms with E-state index >= 15 is 0 Å². The van der Waals surface area contributed by atoms with E-state index in [2.05, 4.69) is 126 Å². The zero-order valence-corrected chi connectivity index (χ0v) is 21.1. The van der Waals surface area contributed by atoms with Crippen LogP contribution in [0.25, 0.3) is 81.8 Å². The maximum absolute atomic E-state index is 6.76. The summed E-state index contributed by atoms with van der Waals surface area (Å²) in [4.78, 5) is 0. The Balaban J connectivity index is 1.55. The Kier molecular flexibility index (Phi) is 3.67. The highest BCUT2D eigenvalue weighted by atomic mass is 16.3. The Bertz CT molecular complexity index is 2480. The molecule has 178 valence electrons. The van der Waals surface area contributed by atoms with Crippen molar-refractivity contribution in [3.05, 3.63) is 109 Å². The van der Waals surface area contributed by atoms with E-state index in [1.807, 2.05) is 0 Å². The lowest BCUT2D eigenvalue weighted by Gasteiger charge is -2.06. The maximum atomic E-state index is 6.76. The van der Waals surface area contributed by atoms with Crippen molar-refractivity contribution in [1.29, 1.82) is 0 Å². The van der Waals surface area contributed by atoms with Gasteiger partial charge in [0.2, 0.25) is 5.52 Å². The molecule has 0 spiro atoms. The van der Waals surface area contributed by atoms with Gasteiger partial charge in [0, 0.05) is 21.5 Å². The molecule has 3 heteroatoms. The number of hydrogen-bond acceptors (Lipinski definition) is 1. The average Bonchev–Trinajstić information content (AvgIpc) is 3.47. The SMILES string of the molecule is Cc1cccc2c3ccccc3n3c4c5oc6cc7ccc8ccccc8c7cc6c5ccc4[n+](C)c3c12. The molecular formula is C35H23N2O+. The van der Waals surface area contributed by atoms with Crippen molar-refractivity contribution in [3.63, 3.8) is 0 Å². The molecule has 3 aromatic heterocycles. The summed E-state index contributed by atoms with van der Waals surface area (Å²) in [6, 6.07) is 37.4. The minimum atomic E-state index is 0.925. The Morgan fingerprint density at radius 1 is 0.632 bits per heavy atom. The highest BCUT2D eigenvalue weighted by Gasteiger charge is 2.27. The molecule has 0 aliphatic carbocycles. The molecule has 0 aliphatic heterocycles. The van der Waals surface area contributed by atoms with Crippen molar-refractivity contribution >= 4 is 81.8 Å². The van der Waals surface area contributed by atoms with Gasteiger partial charge in [0.15, 0.2) is 11.1 Å². The van der Waals surface area contributed by atoms with Crippen LogP contribution in [0.3, 0.4) is 0 Å². The molecule has 0 N–H and O–H groups in total. The minimum Gasteiger partial charge on any atom is -0.451 e. The molecule has 0 bridgehead atoms. The average molecular weight is 488 g/mol. The fraction of sp³-hybridized carbons (Fsp3) is 0.0571. The van der Waals surface area contributed by atoms with Crippen LogP contribution in [-0.4, -0.2) is 4.40 Å². The number of pyridine rings is 1. The van der Waals surface area contributed by atoms with E-state index in [4.69, 9.17) is 4.42 Å². The van der Waals surface area contributed by atoms with Gasteiger partial charge in [-0.2, -0.15) is 4.40 Å². The largest absolute Gasteiger partial charge is 0.451 e. The number of aryl methyl sites for hydroxylation is 2. The van der Waals surface area contributed by atoms with E-state index < -0.39 is 0 Å². The number of rotatable bonds is 0. The molecule has 0 unspecified atom stereocenters. The monoisotopic (exact) mass is 487 g/mol. The molecule has 9 aromatic rings. The van der Waals surface area contributed by atoms with Crippen LogP contribution in [0.1, 0.15) is 5.56 Å². The van der Waals surface area contributed by atoms with Crippen LogP contribution in [0.2, 0.25) is 0 Å². The number of benzene rings is 6. The molecule has 6 aromatic carbocycles. The van der Waals surface area contributed by atoms with E-state index in [-0.39, 0.29) is 0 Å². The van der Waals surface area contributed by atoms with Crippen molar-refractivity contribution in [2.45, 2.75) is 6.92 Å². The minimum absolute atomic E-state index is 0.925. The quantitative estimate of drug-likeness (QED) is 0.155. The molecule has 38 heavy (non-hydrogen) atoms. The predicted molar refractivity (Wildman–Crippen MR) is 158 cm³/mol. The molecule has 0 radical (unpaired) electrons. The van der Waals surface area contributed by atoms with Crippen molar-refractivity contribution in [3.8, 4) is 0 Å². The second-order valence-electron chi connectivity index (χ2n) is 10.5. The summed E-state index contributed by atoms with van der Waals surface area (Å²) in [5.41, 5.74) is 7.79. The first-order valence-electron chi connectivity index (χ1n) is 13.1. The Morgan fingerprint density at radius 3 is 2.34 bits per heavy atom. The third-order valence-electron chi connectivity index (χ3n) is 8.50. The zero-order valence-electron chi connectivity index (χ0n) is 21.1. The third kappa shape index (κ3) is 2.37. The number of hydrogen-bond donors (Lipinski definition) is 0. The van der Waals surface area contributed by atoms with E-state index in [1.54, 1.807) is 0 Å². The molecule has 0 amide bonds. The molecule has 0 saturated heterocycles. The number of imidazole rings is 1. The molecule has 0 fully saturated rings. The van der Waals surface area contributed by atoms with E-state index in [0.29, 0.717) is 0 Å². The molecule has 0 atom stereocenters. The van der Waals surface area contributed by atoms with Gasteiger partial charge in [-0.05, 0) is 64.4 Å². The van der Waals surface area contributed by atoms with Gasteiger partial charge in [-0.1, -0.05) is 72.8 Å². The van der Waals surface area contributed by atoms with Gasteiger partial charge in [-0.25, -0.2) is 4.57 Å². The molecule has 9 rings (SSSR count). The lowest BCUT2D eigenvalue weighted by atomic mass is 10.00. The summed E-state index contributed by atoms with van der Waals surface area (Å²) in [7, 11) is 2.17. The Labute approximate surface area is 217 Å². The van der Waals surface area contributed by atoms with Crippen molar-refractivity contribution in [1.82, 2.24) is 4.40 Å². The first-order valence-corrected chi connectivity index (χ1v) is 13.1. The van der Waals surface area contributed by atoms with Crippen LogP contribution in [0.15, 0.2) is 108 Å². The summed E-state index contributed by atoms with van der Waals surface area (Å²) in [5.74, 6) is 0. The van der Waals surface area contributed by atoms with Gasteiger partial charge in [0.05, 0.1) is 12.4 Å². The highest BCUT2D eigenvalue weighted by molar-refractivity contribution is 6.21. The first-order chi connectivity index (χ1) is 18.7. The third-order valence-corrected chi connectivity index (χ3v) is 8.50. The standard InChI is InChI=1S/C35H23N2O/c1-20-8-7-12-25-24-11-5-6-13-29(24)37-33-30(36(2)35(37)32(20)25)17-16-26-28-19-27-22(18-31(28)38-34(26)33)15-14-21-9-3-4-10-23(21)27/h3-19H,1-2H3/q+1. The lowest BCUT2D eigenvalue weighted by Crippen LogP contribution is -2.27. The number of fused-ring (bicyclic) bond motifs is 15. The second kappa shape index (κ2) is 6.90. The summed E-state index contributed by atoms with van der Waals surface area (Å²) in [5, 5.41) is 11.1. The van der Waals surface area contributed by atoms with Crippen LogP contribution < -0.4 is 4.57 Å². The van der Waals surface area contributed by atoms with E-state index in [1.165, 1.54) is 54.4 Å². The van der Waals surface area contributed by atoms with E-state index in [0.717, 1.165) is 33.0 Å². The van der Waals surface area contributed by atoms with Crippen molar-refractivity contribution in [2.75, 3.05) is 0 Å². The van der Waals surface area contributed by atoms with Crippen LogP contribution in [-0.2, 0) is 7.05 Å². The van der Waals surface area contributed by atoms with E-state index in [9.17, 15) is 0 Å². The summed E-state index contributed by atoms with van der Waals surface area (Å²) >= 11 is 0. The highest BCUT2D eigenvalue weighted by Crippen LogP contribution is 2.40. The normalized spacial score (nSPS) is 12.5. The smallest absolute Gasteiger partial charge is 0.295 e. The fourth-order valence-corrected chi connectivity index (χ4v) is 6.77. The van der Waals surface area contributed by atoms with Crippen molar-refractivity contribution in [2.24, 2.45) is 7.05 Å². The Morgan fingerprint density at radius 2 is 1.42 bits per heavy atom.